The van der Waals surface area contributed by atoms with Gasteiger partial charge in [0, 0.05) is 64.8 Å². The third-order valence-electron chi connectivity index (χ3n) is 21.2. The Balaban J connectivity index is 1.13. The number of fused-ring (bicyclic) bond motifs is 16. The van der Waals surface area contributed by atoms with Crippen molar-refractivity contribution in [2.24, 2.45) is 52.8 Å². The highest BCUT2D eigenvalue weighted by atomic mass is 33.1. The fourth-order valence-corrected chi connectivity index (χ4v) is 24.6. The van der Waals surface area contributed by atoms with Gasteiger partial charge in [-0.15, -0.1) is 0 Å². The molecule has 0 unspecified atom stereocenters. The Kier molecular flexibility index (Phi) is 17.1. The number of carbonyl (C=O) groups excluding carboxylic acids is 1. The maximum absolute atomic E-state index is 13.9. The van der Waals surface area contributed by atoms with Crippen LogP contribution in [0.3, 0.4) is 0 Å². The van der Waals surface area contributed by atoms with E-state index in [1.807, 2.05) is 44.5 Å². The van der Waals surface area contributed by atoms with Gasteiger partial charge in [0.25, 0.3) is 0 Å². The van der Waals surface area contributed by atoms with Crippen LogP contribution in [-0.4, -0.2) is 157 Å². The molecule has 77 heavy (non-hydrogen) atoms. The number of hydrogen-bond acceptors (Lipinski definition) is 19. The largest absolute Gasteiger partial charge is 0.485 e. The average molecular weight is 1150 g/mol. The number of nitrogens with one attached hydrogen (secondary N) is 2. The van der Waals surface area contributed by atoms with Crippen LogP contribution in [0.1, 0.15) is 122 Å². The van der Waals surface area contributed by atoms with Gasteiger partial charge in [-0.25, -0.2) is 0 Å². The molecule has 4 aliphatic heterocycles. The molecule has 1 aromatic carbocycles. The second-order valence-corrected chi connectivity index (χ2v) is 30.3. The number of aliphatic hydroxyl groups excluding tert-OH is 4. The Hall–Kier alpha value is -1.43. The van der Waals surface area contributed by atoms with Crippen molar-refractivity contribution in [2.45, 2.75) is 181 Å². The predicted molar refractivity (Wildman–Crippen MR) is 303 cm³/mol. The lowest BCUT2D eigenvalue weighted by molar-refractivity contribution is -0.424. The molecule has 7 fully saturated rings. The lowest BCUT2D eigenvalue weighted by Gasteiger charge is -2.67. The number of allylic oxidation sites excluding steroid dienone is 1. The Bertz CT molecular complexity index is 2430. The van der Waals surface area contributed by atoms with Crippen LogP contribution in [-0.2, 0) is 20.7 Å². The van der Waals surface area contributed by atoms with Crippen molar-refractivity contribution < 1.29 is 63.9 Å². The summed E-state index contributed by atoms with van der Waals surface area (Å²) in [6.07, 6.45) is 10.8. The fourth-order valence-electron chi connectivity index (χ4n) is 17.2. The zero-order valence-corrected chi connectivity index (χ0v) is 48.5. The summed E-state index contributed by atoms with van der Waals surface area (Å²) in [5.41, 5.74) is -6.58. The summed E-state index contributed by atoms with van der Waals surface area (Å²) < 4.78 is 32.8. The quantitative estimate of drug-likeness (QED) is 0.0651. The van der Waals surface area contributed by atoms with Crippen LogP contribution >= 0.6 is 43.2 Å². The van der Waals surface area contributed by atoms with Crippen molar-refractivity contribution in [1.29, 1.82) is 0 Å². The van der Waals surface area contributed by atoms with Crippen LogP contribution < -0.4 is 20.1 Å². The Morgan fingerprint density at radius 1 is 0.961 bits per heavy atom. The van der Waals surface area contributed by atoms with E-state index in [0.717, 1.165) is 95.1 Å². The molecule has 3 saturated heterocycles. The number of ether oxygens (including phenoxy) is 4. The van der Waals surface area contributed by atoms with E-state index in [2.05, 4.69) is 24.6 Å². The van der Waals surface area contributed by atoms with Gasteiger partial charge in [-0.1, -0.05) is 75.1 Å². The Morgan fingerprint density at radius 3 is 2.57 bits per heavy atom. The minimum absolute atomic E-state index is 0.00124. The van der Waals surface area contributed by atoms with E-state index in [9.17, 15) is 40.5 Å². The first-order valence-electron chi connectivity index (χ1n) is 29.2. The Labute approximate surface area is 470 Å². The van der Waals surface area contributed by atoms with E-state index >= 15 is 0 Å². The van der Waals surface area contributed by atoms with E-state index < -0.39 is 82.1 Å². The number of carbonyl (C=O) groups is 1. The van der Waals surface area contributed by atoms with Crippen LogP contribution in [0.2, 0.25) is 0 Å². The smallest absolute Gasteiger partial charge is 0.306 e. The van der Waals surface area contributed by atoms with Crippen LogP contribution in [0.25, 0.3) is 11.0 Å². The fraction of sp³-hybridized carbons (Fsp3) is 0.810. The number of aryl methyl sites for hydroxylation is 1. The van der Waals surface area contributed by atoms with Crippen molar-refractivity contribution in [3.05, 3.63) is 36.1 Å². The molecule has 0 radical (unpaired) electrons. The molecule has 0 amide bonds. The van der Waals surface area contributed by atoms with Gasteiger partial charge in [0.1, 0.15) is 23.9 Å². The molecule has 2 aromatic rings. The minimum Gasteiger partial charge on any atom is -0.485 e. The topological polar surface area (TPSA) is 233 Å². The molecule has 9 aliphatic rings. The molecule has 5 aliphatic carbocycles. The maximum Gasteiger partial charge on any atom is 0.306 e. The highest BCUT2D eigenvalue weighted by Gasteiger charge is 2.78. The van der Waals surface area contributed by atoms with Gasteiger partial charge in [0.05, 0.1) is 30.7 Å². The normalized spacial score (nSPS) is 43.8. The van der Waals surface area contributed by atoms with Crippen molar-refractivity contribution in [2.75, 3.05) is 57.2 Å². The Morgan fingerprint density at radius 2 is 1.78 bits per heavy atom. The van der Waals surface area contributed by atoms with Crippen molar-refractivity contribution in [3.63, 3.8) is 0 Å². The molecule has 15 nitrogen and oxygen atoms in total. The number of aliphatic hydroxyl groups is 7. The molecule has 5 heterocycles. The molecule has 11 rings (SSSR count). The zero-order chi connectivity index (χ0) is 54.0. The third kappa shape index (κ3) is 9.96. The van der Waals surface area contributed by atoms with Gasteiger partial charge >= 0.3 is 5.97 Å². The minimum atomic E-state index is -2.50. The monoisotopic (exact) mass is 1150 g/mol. The maximum atomic E-state index is 13.9. The van der Waals surface area contributed by atoms with Crippen LogP contribution in [0.4, 0.5) is 0 Å². The summed E-state index contributed by atoms with van der Waals surface area (Å²) in [5, 5.41) is 97.9. The van der Waals surface area contributed by atoms with Gasteiger partial charge in [-0.3, -0.25) is 4.79 Å². The van der Waals surface area contributed by atoms with Crippen LogP contribution in [0.5, 0.6) is 11.5 Å². The highest BCUT2D eigenvalue weighted by molar-refractivity contribution is 8.77. The van der Waals surface area contributed by atoms with Gasteiger partial charge in [0.15, 0.2) is 16.9 Å². The number of furan rings is 1. The third-order valence-corrected chi connectivity index (χ3v) is 27.1. The summed E-state index contributed by atoms with van der Waals surface area (Å²) in [4.78, 5) is 13.1. The van der Waals surface area contributed by atoms with E-state index in [-0.39, 0.29) is 85.4 Å². The van der Waals surface area contributed by atoms with Gasteiger partial charge in [-0.05, 0) is 169 Å². The number of esters is 1. The summed E-state index contributed by atoms with van der Waals surface area (Å²) in [7, 11) is 9.49. The molecule has 1 aromatic heterocycles. The summed E-state index contributed by atoms with van der Waals surface area (Å²) in [6, 6.07) is 3.65. The lowest BCUT2D eigenvalue weighted by Crippen LogP contribution is -2.86. The number of rotatable bonds is 10. The predicted octanol–water partition coefficient (Wildman–Crippen LogP) is 7.18. The molecule has 8 bridgehead atoms. The first-order valence-corrected chi connectivity index (χ1v) is 34.0. The summed E-state index contributed by atoms with van der Waals surface area (Å²) >= 11 is 0. The van der Waals surface area contributed by atoms with Gasteiger partial charge < -0.3 is 69.7 Å². The lowest BCUT2D eigenvalue weighted by atomic mass is 9.50. The van der Waals surface area contributed by atoms with Crippen molar-refractivity contribution >= 4 is 60.1 Å². The summed E-state index contributed by atoms with van der Waals surface area (Å²) in [5.74, 6) is 0.610. The van der Waals surface area contributed by atoms with E-state index in [4.69, 9.17) is 23.4 Å². The average Bonchev–Trinajstić information content (AvgIpc) is 4.25. The first-order chi connectivity index (χ1) is 37.1. The molecule has 430 valence electrons. The molecule has 3 spiro atoms. The van der Waals surface area contributed by atoms with E-state index in [0.29, 0.717) is 41.3 Å². The van der Waals surface area contributed by atoms with E-state index in [1.54, 1.807) is 36.1 Å². The number of hydrogen-bond donors (Lipinski definition) is 9. The first kappa shape index (κ1) is 57.4. The highest BCUT2D eigenvalue weighted by Crippen LogP contribution is 2.72. The molecule has 18 atom stereocenters. The zero-order valence-electron chi connectivity index (χ0n) is 45.3. The van der Waals surface area contributed by atoms with Gasteiger partial charge in [-0.2, -0.15) is 0 Å². The van der Waals surface area contributed by atoms with Crippen molar-refractivity contribution in [3.8, 4) is 11.5 Å². The SMILES string of the molecule is CCOC(=O)CCc1cc2ccoc2c2c1O[C@@H]1O[C@@]3(CSS[C@@]45C[C@@H](CSSC[C@@H](CC[C@@H]3O)[C@H](C)CC[C@@H]4NCCO2)[C@]2(CC[C@H](CNC)C2)[C@@H]5CCC2(O)CCCC2)[C@]2(O)C[C@@H]3C=C[C@@H](O)[C@H](CO)[C@@H]3[C@@]1(O)[C@H]2O. The summed E-state index contributed by atoms with van der Waals surface area (Å²) in [6.45, 7) is 5.36. The molecule has 19 heteroatoms. The van der Waals surface area contributed by atoms with Crippen molar-refractivity contribution in [1.82, 2.24) is 10.6 Å². The van der Waals surface area contributed by atoms with Crippen LogP contribution in [0, 0.1) is 52.8 Å². The number of benzene rings is 1. The molecular weight excluding hydrogens is 1060 g/mol. The second kappa shape index (κ2) is 23.0. The second-order valence-electron chi connectivity index (χ2n) is 25.1. The van der Waals surface area contributed by atoms with Gasteiger partial charge in [0.2, 0.25) is 12.0 Å². The molecular formula is C58H86N2O13S4. The molecule has 4 saturated carbocycles. The molecule has 9 N–H and O–H groups in total. The van der Waals surface area contributed by atoms with E-state index in [1.165, 1.54) is 0 Å². The van der Waals surface area contributed by atoms with Crippen LogP contribution in [0.15, 0.2) is 35.0 Å². The standard InChI is InChI=1S/C58H86N2O13S4/c1-4-69-46(64)14-10-36-25-37-17-23-70-48(37)50-49(36)72-52-58(68)47-38(8-11-42(62)41(47)30-61)27-56(67,51(58)65)57(73-52)33-76-77-55-28-40(54(21-15-35(26-54)29-59-3)43(55)16-20-53(66)18-5-6-19-53)32-75-74-31-39(9-13-45(57)63)34(2)7-12-44(55)60-22-24-71-50/h8,11,17,23,25,34-35,38-45,47,51-52,59-63,65-68H,4-7,9-10,12-16,18-22,24,26-33H2,1-3H3/t34-,35+,38+,39-,40+,41+,42-,43+,44+,45+,47-,51+,52-,54-,55-,56+,57-,58-/m1/s1.